The van der Waals surface area contributed by atoms with Crippen LogP contribution in [0.1, 0.15) is 28.4 Å². The Balaban J connectivity index is 1.75. The molecule has 9 heteroatoms. The third kappa shape index (κ3) is 5.32. The molecule has 0 spiro atoms. The van der Waals surface area contributed by atoms with E-state index in [-0.39, 0.29) is 23.8 Å². The van der Waals surface area contributed by atoms with Gasteiger partial charge in [-0.25, -0.2) is 8.42 Å². The van der Waals surface area contributed by atoms with Gasteiger partial charge in [0.2, 0.25) is 10.0 Å². The average molecular weight is 507 g/mol. The molecule has 0 saturated heterocycles. The van der Waals surface area contributed by atoms with E-state index in [1.54, 1.807) is 62.8 Å². The maximum atomic E-state index is 13.7. The van der Waals surface area contributed by atoms with E-state index < -0.39 is 15.6 Å². The van der Waals surface area contributed by atoms with E-state index in [1.165, 1.54) is 35.5 Å². The monoisotopic (exact) mass is 506 g/mol. The van der Waals surface area contributed by atoms with Crippen LogP contribution < -0.4 is 15.0 Å². The first-order valence-corrected chi connectivity index (χ1v) is 12.6. The molecule has 0 bridgehead atoms. The molecule has 36 heavy (non-hydrogen) atoms. The van der Waals surface area contributed by atoms with Gasteiger partial charge in [0.25, 0.3) is 5.56 Å². The Morgan fingerprint density at radius 1 is 0.861 bits per heavy atom. The Hall–Kier alpha value is -3.95. The number of ether oxygens (including phenoxy) is 2. The molecule has 0 radical (unpaired) electrons. The molecule has 0 unspecified atom stereocenters. The lowest BCUT2D eigenvalue weighted by atomic mass is 10.1. The normalized spacial score (nSPS) is 11.6. The summed E-state index contributed by atoms with van der Waals surface area (Å²) in [6.07, 6.45) is 0. The van der Waals surface area contributed by atoms with Crippen molar-refractivity contribution in [1.29, 1.82) is 0 Å². The van der Waals surface area contributed by atoms with E-state index in [4.69, 9.17) is 9.47 Å². The number of rotatable bonds is 9. The Kier molecular flexibility index (Phi) is 7.23. The van der Waals surface area contributed by atoms with E-state index >= 15 is 0 Å². The first-order chi connectivity index (χ1) is 17.2. The SMILES string of the molecule is COc1ccc(CN(Cc2cc3ccc(OC)cc3[nH]c2=O)S(=O)(=O)c2ccc(C(C)=O)cc2)cc1. The van der Waals surface area contributed by atoms with Gasteiger partial charge in [-0.3, -0.25) is 9.59 Å². The standard InChI is InChI=1S/C27H26N2O6S/c1-18(30)20-7-12-25(13-8-20)36(32,33)29(16-19-4-9-23(34-2)10-5-19)17-22-14-21-6-11-24(35-3)15-26(21)28-27(22)31/h4-15H,16-17H2,1-3H3,(H,28,31). The molecule has 3 aromatic carbocycles. The number of methoxy groups -OCH3 is 2. The summed E-state index contributed by atoms with van der Waals surface area (Å²) in [6.45, 7) is 1.29. The van der Waals surface area contributed by atoms with Crippen LogP contribution in [0.2, 0.25) is 0 Å². The minimum atomic E-state index is -4.02. The van der Waals surface area contributed by atoms with Gasteiger partial charge in [0, 0.05) is 30.3 Å². The molecule has 0 fully saturated rings. The molecule has 4 rings (SSSR count). The Morgan fingerprint density at radius 3 is 2.11 bits per heavy atom. The number of carbonyl (C=O) groups excluding carboxylic acids is 1. The highest BCUT2D eigenvalue weighted by molar-refractivity contribution is 7.89. The predicted molar refractivity (Wildman–Crippen MR) is 137 cm³/mol. The van der Waals surface area contributed by atoms with Gasteiger partial charge < -0.3 is 14.5 Å². The van der Waals surface area contributed by atoms with Crippen molar-refractivity contribution in [3.05, 3.63) is 99.8 Å². The molecule has 8 nitrogen and oxygen atoms in total. The zero-order chi connectivity index (χ0) is 25.9. The fourth-order valence-electron chi connectivity index (χ4n) is 3.83. The van der Waals surface area contributed by atoms with Gasteiger partial charge in [0.15, 0.2) is 5.78 Å². The highest BCUT2D eigenvalue weighted by Crippen LogP contribution is 2.24. The lowest BCUT2D eigenvalue weighted by Gasteiger charge is -2.23. The molecule has 1 N–H and O–H groups in total. The van der Waals surface area contributed by atoms with E-state index in [0.29, 0.717) is 28.1 Å². The van der Waals surface area contributed by atoms with Crippen LogP contribution in [0.25, 0.3) is 10.9 Å². The number of Topliss-reactive ketones (excluding diaryl/α,β-unsaturated/α-hetero) is 1. The van der Waals surface area contributed by atoms with Crippen LogP contribution >= 0.6 is 0 Å². The summed E-state index contributed by atoms with van der Waals surface area (Å²) >= 11 is 0. The molecule has 0 aliphatic carbocycles. The minimum absolute atomic E-state index is 0.0286. The lowest BCUT2D eigenvalue weighted by molar-refractivity contribution is 0.101. The number of aromatic amines is 1. The summed E-state index contributed by atoms with van der Waals surface area (Å²) in [5.74, 6) is 1.09. The van der Waals surface area contributed by atoms with Crippen LogP contribution in [-0.2, 0) is 23.1 Å². The maximum Gasteiger partial charge on any atom is 0.252 e. The van der Waals surface area contributed by atoms with Gasteiger partial charge in [0.1, 0.15) is 11.5 Å². The molecule has 0 amide bonds. The average Bonchev–Trinajstić information content (AvgIpc) is 2.88. The predicted octanol–water partition coefficient (Wildman–Crippen LogP) is 4.14. The van der Waals surface area contributed by atoms with Gasteiger partial charge >= 0.3 is 0 Å². The first-order valence-electron chi connectivity index (χ1n) is 11.2. The van der Waals surface area contributed by atoms with E-state index in [1.807, 2.05) is 0 Å². The maximum absolute atomic E-state index is 13.7. The van der Waals surface area contributed by atoms with Gasteiger partial charge in [0.05, 0.1) is 24.6 Å². The number of carbonyl (C=O) groups is 1. The van der Waals surface area contributed by atoms with Crippen LogP contribution in [0.5, 0.6) is 11.5 Å². The molecule has 0 atom stereocenters. The summed E-state index contributed by atoms with van der Waals surface area (Å²) in [5.41, 5.74) is 1.63. The highest BCUT2D eigenvalue weighted by atomic mass is 32.2. The smallest absolute Gasteiger partial charge is 0.252 e. The number of pyridine rings is 1. The van der Waals surface area contributed by atoms with Crippen molar-refractivity contribution in [3.63, 3.8) is 0 Å². The molecule has 1 heterocycles. The van der Waals surface area contributed by atoms with E-state index in [0.717, 1.165) is 10.9 Å². The summed E-state index contributed by atoms with van der Waals surface area (Å²) in [4.78, 5) is 27.4. The number of ketones is 1. The molecular weight excluding hydrogens is 480 g/mol. The van der Waals surface area contributed by atoms with Crippen molar-refractivity contribution >= 4 is 26.7 Å². The second-order valence-corrected chi connectivity index (χ2v) is 10.2. The van der Waals surface area contributed by atoms with Gasteiger partial charge in [-0.15, -0.1) is 0 Å². The number of benzene rings is 3. The Bertz CT molecular complexity index is 1560. The minimum Gasteiger partial charge on any atom is -0.497 e. The number of nitrogens with one attached hydrogen (secondary N) is 1. The van der Waals surface area contributed by atoms with Crippen LogP contribution in [0, 0.1) is 0 Å². The topological polar surface area (TPSA) is 106 Å². The highest BCUT2D eigenvalue weighted by Gasteiger charge is 2.26. The number of hydrogen-bond acceptors (Lipinski definition) is 6. The molecule has 0 saturated carbocycles. The Labute approximate surface area is 209 Å². The summed E-state index contributed by atoms with van der Waals surface area (Å²) in [5, 5.41) is 0.748. The second kappa shape index (κ2) is 10.3. The van der Waals surface area contributed by atoms with Crippen LogP contribution in [-0.4, -0.2) is 37.7 Å². The van der Waals surface area contributed by atoms with Gasteiger partial charge in [-0.1, -0.05) is 24.3 Å². The molecule has 4 aromatic rings. The zero-order valence-corrected chi connectivity index (χ0v) is 21.0. The number of aromatic nitrogens is 1. The fraction of sp³-hybridized carbons (Fsp3) is 0.185. The Morgan fingerprint density at radius 2 is 1.50 bits per heavy atom. The van der Waals surface area contributed by atoms with Crippen LogP contribution in [0.15, 0.2) is 82.5 Å². The zero-order valence-electron chi connectivity index (χ0n) is 20.1. The first kappa shape index (κ1) is 25.2. The van der Waals surface area contributed by atoms with Crippen molar-refractivity contribution in [2.24, 2.45) is 0 Å². The fourth-order valence-corrected chi connectivity index (χ4v) is 5.24. The van der Waals surface area contributed by atoms with Crippen LogP contribution in [0.4, 0.5) is 0 Å². The van der Waals surface area contributed by atoms with Crippen molar-refractivity contribution in [1.82, 2.24) is 9.29 Å². The number of hydrogen-bond donors (Lipinski definition) is 1. The summed E-state index contributed by atoms with van der Waals surface area (Å²) < 4.78 is 39.0. The van der Waals surface area contributed by atoms with E-state index in [9.17, 15) is 18.0 Å². The van der Waals surface area contributed by atoms with Crippen molar-refractivity contribution < 1.29 is 22.7 Å². The summed E-state index contributed by atoms with van der Waals surface area (Å²) in [6, 6.07) is 19.8. The summed E-state index contributed by atoms with van der Waals surface area (Å²) in [7, 11) is -0.924. The second-order valence-electron chi connectivity index (χ2n) is 8.28. The third-order valence-electron chi connectivity index (χ3n) is 5.89. The van der Waals surface area contributed by atoms with Gasteiger partial charge in [-0.2, -0.15) is 4.31 Å². The van der Waals surface area contributed by atoms with Crippen molar-refractivity contribution in [2.45, 2.75) is 24.9 Å². The number of H-pyrrole nitrogens is 1. The number of sulfonamides is 1. The number of nitrogens with zero attached hydrogens (tertiary/aromatic N) is 1. The number of fused-ring (bicyclic) bond motifs is 1. The van der Waals surface area contributed by atoms with E-state index in [2.05, 4.69) is 4.98 Å². The molecule has 1 aromatic heterocycles. The third-order valence-corrected chi connectivity index (χ3v) is 7.70. The largest absolute Gasteiger partial charge is 0.497 e. The molecular formula is C27H26N2O6S. The molecule has 0 aliphatic rings. The quantitative estimate of drug-likeness (QED) is 0.342. The lowest BCUT2D eigenvalue weighted by Crippen LogP contribution is -2.32. The van der Waals surface area contributed by atoms with Crippen molar-refractivity contribution in [2.75, 3.05) is 14.2 Å². The van der Waals surface area contributed by atoms with Crippen molar-refractivity contribution in [3.8, 4) is 11.5 Å². The molecule has 0 aliphatic heterocycles. The molecule has 186 valence electrons. The van der Waals surface area contributed by atoms with Gasteiger partial charge in [-0.05, 0) is 60.3 Å². The van der Waals surface area contributed by atoms with Crippen LogP contribution in [0.3, 0.4) is 0 Å².